The number of nitrogens with two attached hydrogens (primary N) is 1. The second kappa shape index (κ2) is 6.12. The lowest BCUT2D eigenvalue weighted by Crippen LogP contribution is -2.34. The summed E-state index contributed by atoms with van der Waals surface area (Å²) in [5, 5.41) is 9.59. The molecule has 1 aliphatic carbocycles. The molecule has 0 saturated heterocycles. The molecule has 120 valence electrons. The first-order valence-corrected chi connectivity index (χ1v) is 7.50. The number of nitrogens with zero attached hydrogens (tertiary/aromatic N) is 2. The first kappa shape index (κ1) is 15.1. The van der Waals surface area contributed by atoms with E-state index >= 15 is 0 Å². The summed E-state index contributed by atoms with van der Waals surface area (Å²) >= 11 is 0. The third-order valence-corrected chi connectivity index (χ3v) is 3.96. The van der Waals surface area contributed by atoms with Gasteiger partial charge in [-0.15, -0.1) is 0 Å². The highest BCUT2D eigenvalue weighted by molar-refractivity contribution is 6.01. The number of aromatic nitrogens is 2. The Bertz CT molecular complexity index is 721. The van der Waals surface area contributed by atoms with E-state index in [1.165, 1.54) is 10.9 Å². The van der Waals surface area contributed by atoms with Crippen LogP contribution in [0.5, 0.6) is 0 Å². The third-order valence-electron chi connectivity index (χ3n) is 3.96. The maximum atomic E-state index is 12.3. The lowest BCUT2D eigenvalue weighted by molar-refractivity contribution is 0.0992. The van der Waals surface area contributed by atoms with Crippen molar-refractivity contribution in [1.82, 2.24) is 15.1 Å². The summed E-state index contributed by atoms with van der Waals surface area (Å²) < 4.78 is 1.34. The van der Waals surface area contributed by atoms with Crippen molar-refractivity contribution in [2.75, 3.05) is 5.32 Å². The number of amides is 3. The molecule has 1 unspecified atom stereocenters. The molecule has 1 atom stereocenters. The highest BCUT2D eigenvalue weighted by atomic mass is 16.2. The minimum absolute atomic E-state index is 0.0371. The largest absolute Gasteiger partial charge is 0.364 e. The Labute approximate surface area is 133 Å². The molecule has 23 heavy (non-hydrogen) atoms. The van der Waals surface area contributed by atoms with Crippen molar-refractivity contribution in [2.45, 2.75) is 18.9 Å². The molecule has 7 heteroatoms. The molecule has 3 amide bonds. The zero-order chi connectivity index (χ0) is 16.4. The van der Waals surface area contributed by atoms with Gasteiger partial charge in [0.2, 0.25) is 0 Å². The van der Waals surface area contributed by atoms with Crippen molar-refractivity contribution in [2.24, 2.45) is 18.7 Å². The molecule has 0 spiro atoms. The van der Waals surface area contributed by atoms with E-state index in [2.05, 4.69) is 15.7 Å². The minimum atomic E-state index is -0.637. The SMILES string of the molecule is Cn1ncc(NC(=O)NC(c2ccccc2)C2CC2)c1C(N)=O. The summed E-state index contributed by atoms with van der Waals surface area (Å²) in [6.45, 7) is 0. The molecule has 1 aliphatic rings. The molecule has 1 aromatic heterocycles. The number of benzene rings is 1. The molecular formula is C16H19N5O2. The lowest BCUT2D eigenvalue weighted by Gasteiger charge is -2.19. The fourth-order valence-corrected chi connectivity index (χ4v) is 2.68. The summed E-state index contributed by atoms with van der Waals surface area (Å²) in [7, 11) is 1.60. The average Bonchev–Trinajstić information content (AvgIpc) is 3.30. The maximum Gasteiger partial charge on any atom is 0.319 e. The Balaban J connectivity index is 1.72. The van der Waals surface area contributed by atoms with E-state index in [0.717, 1.165) is 18.4 Å². The van der Waals surface area contributed by atoms with Gasteiger partial charge in [-0.1, -0.05) is 30.3 Å². The summed E-state index contributed by atoms with van der Waals surface area (Å²) in [6.07, 6.45) is 3.60. The highest BCUT2D eigenvalue weighted by Gasteiger charge is 2.33. The molecule has 1 heterocycles. The monoisotopic (exact) mass is 313 g/mol. The number of carbonyl (C=O) groups excluding carboxylic acids is 2. The molecule has 7 nitrogen and oxygen atoms in total. The second-order valence-electron chi connectivity index (χ2n) is 5.72. The average molecular weight is 313 g/mol. The van der Waals surface area contributed by atoms with E-state index in [-0.39, 0.29) is 17.8 Å². The Morgan fingerprint density at radius 3 is 2.61 bits per heavy atom. The van der Waals surface area contributed by atoms with Crippen LogP contribution in [0.3, 0.4) is 0 Å². The molecule has 0 radical (unpaired) electrons. The second-order valence-corrected chi connectivity index (χ2v) is 5.72. The zero-order valence-corrected chi connectivity index (χ0v) is 12.8. The van der Waals surface area contributed by atoms with Gasteiger partial charge in [0.05, 0.1) is 17.9 Å². The Hall–Kier alpha value is -2.83. The first-order chi connectivity index (χ1) is 11.1. The van der Waals surface area contributed by atoms with Crippen LogP contribution in [0.4, 0.5) is 10.5 Å². The fraction of sp³-hybridized carbons (Fsp3) is 0.312. The molecular weight excluding hydrogens is 294 g/mol. The fourth-order valence-electron chi connectivity index (χ4n) is 2.68. The van der Waals surface area contributed by atoms with Crippen LogP contribution in [-0.2, 0) is 7.05 Å². The van der Waals surface area contributed by atoms with Crippen molar-refractivity contribution in [1.29, 1.82) is 0 Å². The van der Waals surface area contributed by atoms with Crippen LogP contribution in [0.25, 0.3) is 0 Å². The van der Waals surface area contributed by atoms with E-state index in [4.69, 9.17) is 5.73 Å². The number of rotatable bonds is 5. The predicted molar refractivity (Wildman–Crippen MR) is 85.8 cm³/mol. The van der Waals surface area contributed by atoms with Gasteiger partial charge in [0, 0.05) is 7.05 Å². The highest BCUT2D eigenvalue weighted by Crippen LogP contribution is 2.40. The van der Waals surface area contributed by atoms with E-state index in [1.54, 1.807) is 7.05 Å². The summed E-state index contributed by atoms with van der Waals surface area (Å²) in [6, 6.07) is 9.45. The summed E-state index contributed by atoms with van der Waals surface area (Å²) in [5.41, 5.74) is 6.87. The number of primary amides is 1. The van der Waals surface area contributed by atoms with Crippen LogP contribution in [0.1, 0.15) is 34.9 Å². The number of urea groups is 1. The molecule has 1 saturated carbocycles. The maximum absolute atomic E-state index is 12.3. The molecule has 0 aliphatic heterocycles. The molecule has 0 bridgehead atoms. The van der Waals surface area contributed by atoms with Gasteiger partial charge in [0.1, 0.15) is 5.69 Å². The Morgan fingerprint density at radius 1 is 1.30 bits per heavy atom. The number of carbonyl (C=O) groups is 2. The molecule has 1 fully saturated rings. The van der Waals surface area contributed by atoms with Crippen LogP contribution >= 0.6 is 0 Å². The standard InChI is InChI=1S/C16H19N5O2/c1-21-14(15(17)22)12(9-18-21)19-16(23)20-13(11-7-8-11)10-5-3-2-4-6-10/h2-6,9,11,13H,7-8H2,1H3,(H2,17,22)(H2,19,20,23). The molecule has 1 aromatic carbocycles. The molecule has 2 aromatic rings. The van der Waals surface area contributed by atoms with Crippen LogP contribution in [0.15, 0.2) is 36.5 Å². The van der Waals surface area contributed by atoms with Gasteiger partial charge in [-0.05, 0) is 24.3 Å². The number of anilines is 1. The predicted octanol–water partition coefficient (Wildman–Crippen LogP) is 1.79. The van der Waals surface area contributed by atoms with Crippen LogP contribution in [0.2, 0.25) is 0 Å². The van der Waals surface area contributed by atoms with Crippen LogP contribution < -0.4 is 16.4 Å². The van der Waals surface area contributed by atoms with E-state index in [0.29, 0.717) is 11.6 Å². The molecule has 3 rings (SSSR count). The van der Waals surface area contributed by atoms with Gasteiger partial charge in [-0.3, -0.25) is 9.48 Å². The van der Waals surface area contributed by atoms with E-state index < -0.39 is 5.91 Å². The van der Waals surface area contributed by atoms with Crippen molar-refractivity contribution in [3.63, 3.8) is 0 Å². The smallest absolute Gasteiger partial charge is 0.319 e. The normalized spacial score (nSPS) is 15.0. The third kappa shape index (κ3) is 3.33. The van der Waals surface area contributed by atoms with Gasteiger partial charge >= 0.3 is 6.03 Å². The van der Waals surface area contributed by atoms with Gasteiger partial charge < -0.3 is 16.4 Å². The lowest BCUT2D eigenvalue weighted by atomic mass is 10.0. The number of aryl methyl sites for hydroxylation is 1. The Kier molecular flexibility index (Phi) is 4.01. The van der Waals surface area contributed by atoms with Crippen molar-refractivity contribution < 1.29 is 9.59 Å². The quantitative estimate of drug-likeness (QED) is 0.784. The Morgan fingerprint density at radius 2 is 2.00 bits per heavy atom. The number of hydrogen-bond acceptors (Lipinski definition) is 3. The zero-order valence-electron chi connectivity index (χ0n) is 12.8. The van der Waals surface area contributed by atoms with Gasteiger partial charge in [-0.25, -0.2) is 4.79 Å². The van der Waals surface area contributed by atoms with Gasteiger partial charge in [0.25, 0.3) is 5.91 Å². The van der Waals surface area contributed by atoms with Crippen LogP contribution in [-0.4, -0.2) is 21.7 Å². The van der Waals surface area contributed by atoms with Gasteiger partial charge in [0.15, 0.2) is 0 Å². The molecule has 4 N–H and O–H groups in total. The topological polar surface area (TPSA) is 102 Å². The van der Waals surface area contributed by atoms with E-state index in [1.807, 2.05) is 30.3 Å². The number of hydrogen-bond donors (Lipinski definition) is 3. The van der Waals surface area contributed by atoms with Gasteiger partial charge in [-0.2, -0.15) is 5.10 Å². The van der Waals surface area contributed by atoms with E-state index in [9.17, 15) is 9.59 Å². The summed E-state index contributed by atoms with van der Waals surface area (Å²) in [5.74, 6) is -0.185. The van der Waals surface area contributed by atoms with Crippen molar-refractivity contribution >= 4 is 17.6 Å². The first-order valence-electron chi connectivity index (χ1n) is 7.50. The number of nitrogens with one attached hydrogen (secondary N) is 2. The minimum Gasteiger partial charge on any atom is -0.364 e. The van der Waals surface area contributed by atoms with Crippen molar-refractivity contribution in [3.05, 3.63) is 47.8 Å². The summed E-state index contributed by atoms with van der Waals surface area (Å²) in [4.78, 5) is 23.7. The van der Waals surface area contributed by atoms with Crippen molar-refractivity contribution in [3.8, 4) is 0 Å². The van der Waals surface area contributed by atoms with Crippen LogP contribution in [0, 0.1) is 5.92 Å².